The number of rotatable bonds is 3. The second kappa shape index (κ2) is 5.24. The zero-order chi connectivity index (χ0) is 14.0. The first-order valence-corrected chi connectivity index (χ1v) is 6.57. The Morgan fingerprint density at radius 3 is 2.53 bits per heavy atom. The fraction of sp³-hybridized carbons (Fsp3) is 0.143. The Balaban J connectivity index is 2.30. The highest BCUT2D eigenvalue weighted by Gasteiger charge is 2.14. The number of anilines is 1. The second-order valence-electron chi connectivity index (χ2n) is 4.17. The minimum atomic E-state index is -0.999. The number of aromatic carboxylic acids is 1. The van der Waals surface area contributed by atoms with E-state index in [0.717, 1.165) is 5.56 Å². The van der Waals surface area contributed by atoms with Gasteiger partial charge in [0.2, 0.25) is 0 Å². The Kier molecular flexibility index (Phi) is 3.66. The monoisotopic (exact) mass is 275 g/mol. The normalized spacial score (nSPS) is 10.2. The highest BCUT2D eigenvalue weighted by atomic mass is 32.1. The third kappa shape index (κ3) is 2.66. The topological polar surface area (TPSA) is 66.4 Å². The Morgan fingerprint density at radius 2 is 1.95 bits per heavy atom. The first-order chi connectivity index (χ1) is 9.00. The summed E-state index contributed by atoms with van der Waals surface area (Å²) in [6.45, 7) is 3.55. The largest absolute Gasteiger partial charge is 0.478 e. The molecule has 4 nitrogen and oxygen atoms in total. The molecule has 0 bridgehead atoms. The number of carbonyl (C=O) groups is 2. The van der Waals surface area contributed by atoms with Crippen LogP contribution >= 0.6 is 11.3 Å². The zero-order valence-corrected chi connectivity index (χ0v) is 11.4. The van der Waals surface area contributed by atoms with Crippen molar-refractivity contribution in [3.05, 3.63) is 51.2 Å². The van der Waals surface area contributed by atoms with E-state index in [9.17, 15) is 9.59 Å². The molecule has 0 aliphatic heterocycles. The maximum absolute atomic E-state index is 12.1. The third-order valence-electron chi connectivity index (χ3n) is 2.88. The van der Waals surface area contributed by atoms with E-state index in [2.05, 4.69) is 5.32 Å². The van der Waals surface area contributed by atoms with Gasteiger partial charge >= 0.3 is 5.97 Å². The molecule has 0 spiro atoms. The van der Waals surface area contributed by atoms with Crippen LogP contribution in [-0.2, 0) is 0 Å². The van der Waals surface area contributed by atoms with Crippen LogP contribution in [0.1, 0.15) is 31.2 Å². The molecule has 0 atom stereocenters. The molecule has 1 aromatic heterocycles. The molecule has 98 valence electrons. The summed E-state index contributed by atoms with van der Waals surface area (Å²) in [6.07, 6.45) is 0. The van der Waals surface area contributed by atoms with Crippen molar-refractivity contribution >= 4 is 28.9 Å². The molecule has 0 aliphatic carbocycles. The predicted molar refractivity (Wildman–Crippen MR) is 75.1 cm³/mol. The lowest BCUT2D eigenvalue weighted by Gasteiger charge is -2.10. The van der Waals surface area contributed by atoms with Crippen molar-refractivity contribution in [1.29, 1.82) is 0 Å². The number of thiophene rings is 1. The fourth-order valence-corrected chi connectivity index (χ4v) is 2.61. The van der Waals surface area contributed by atoms with Gasteiger partial charge in [-0.15, -0.1) is 11.3 Å². The first-order valence-electron chi connectivity index (χ1n) is 5.69. The number of hydrogen-bond acceptors (Lipinski definition) is 3. The van der Waals surface area contributed by atoms with E-state index >= 15 is 0 Å². The van der Waals surface area contributed by atoms with E-state index in [4.69, 9.17) is 5.11 Å². The number of carboxylic acids is 1. The molecular formula is C14H13NO3S. The number of carbonyl (C=O) groups excluding carboxylic acids is 1. The molecule has 1 amide bonds. The van der Waals surface area contributed by atoms with Crippen LogP contribution in [0, 0.1) is 13.8 Å². The minimum absolute atomic E-state index is 0.195. The molecule has 0 saturated carbocycles. The zero-order valence-electron chi connectivity index (χ0n) is 10.6. The van der Waals surface area contributed by atoms with Gasteiger partial charge in [-0.25, -0.2) is 4.79 Å². The molecule has 2 aromatic rings. The third-order valence-corrected chi connectivity index (χ3v) is 3.90. The van der Waals surface area contributed by atoms with Crippen LogP contribution in [0.15, 0.2) is 29.6 Å². The molecular weight excluding hydrogens is 262 g/mol. The van der Waals surface area contributed by atoms with Crippen molar-refractivity contribution in [2.45, 2.75) is 13.8 Å². The molecule has 1 heterocycles. The van der Waals surface area contributed by atoms with Crippen LogP contribution in [0.5, 0.6) is 0 Å². The van der Waals surface area contributed by atoms with Gasteiger partial charge in [0.05, 0.1) is 10.4 Å². The Morgan fingerprint density at radius 1 is 1.21 bits per heavy atom. The maximum atomic E-state index is 12.1. The summed E-state index contributed by atoms with van der Waals surface area (Å²) in [5.74, 6) is -1.21. The molecule has 0 radical (unpaired) electrons. The van der Waals surface area contributed by atoms with Crippen LogP contribution in [0.4, 0.5) is 5.69 Å². The second-order valence-corrected chi connectivity index (χ2v) is 5.09. The van der Waals surface area contributed by atoms with Gasteiger partial charge in [0.15, 0.2) is 0 Å². The lowest BCUT2D eigenvalue weighted by atomic mass is 10.1. The van der Waals surface area contributed by atoms with Crippen LogP contribution in [0.3, 0.4) is 0 Å². The van der Waals surface area contributed by atoms with Gasteiger partial charge in [0.1, 0.15) is 0 Å². The Hall–Kier alpha value is -2.14. The molecule has 0 aliphatic rings. The highest BCUT2D eigenvalue weighted by Crippen LogP contribution is 2.22. The van der Waals surface area contributed by atoms with Gasteiger partial charge in [-0.1, -0.05) is 6.07 Å². The summed E-state index contributed by atoms with van der Waals surface area (Å²) >= 11 is 1.36. The summed E-state index contributed by atoms with van der Waals surface area (Å²) in [7, 11) is 0. The molecule has 5 heteroatoms. The van der Waals surface area contributed by atoms with E-state index in [1.54, 1.807) is 19.1 Å². The van der Waals surface area contributed by atoms with E-state index in [1.165, 1.54) is 17.4 Å². The average molecular weight is 275 g/mol. The number of benzene rings is 1. The van der Waals surface area contributed by atoms with Crippen LogP contribution < -0.4 is 5.32 Å². The summed E-state index contributed by atoms with van der Waals surface area (Å²) < 4.78 is 0. The summed E-state index contributed by atoms with van der Waals surface area (Å²) in [5.41, 5.74) is 2.19. The average Bonchev–Trinajstić information content (AvgIpc) is 2.77. The number of nitrogens with one attached hydrogen (secondary N) is 1. The molecule has 0 saturated heterocycles. The Bertz CT molecular complexity index is 646. The molecule has 0 unspecified atom stereocenters. The molecule has 19 heavy (non-hydrogen) atoms. The van der Waals surface area contributed by atoms with Crippen LogP contribution in [-0.4, -0.2) is 17.0 Å². The molecule has 2 N–H and O–H groups in total. The SMILES string of the molecule is Cc1ccsc1C(=O)Nc1cccc(C(=O)O)c1C. The van der Waals surface area contributed by atoms with Crippen molar-refractivity contribution in [3.8, 4) is 0 Å². The van der Waals surface area contributed by atoms with Crippen molar-refractivity contribution < 1.29 is 14.7 Å². The molecule has 1 aromatic carbocycles. The van der Waals surface area contributed by atoms with E-state index in [1.807, 2.05) is 18.4 Å². The van der Waals surface area contributed by atoms with E-state index in [0.29, 0.717) is 16.1 Å². The molecule has 0 fully saturated rings. The quantitative estimate of drug-likeness (QED) is 0.903. The van der Waals surface area contributed by atoms with Gasteiger partial charge in [-0.2, -0.15) is 0 Å². The highest BCUT2D eigenvalue weighted by molar-refractivity contribution is 7.12. The summed E-state index contributed by atoms with van der Waals surface area (Å²) in [6, 6.07) is 6.71. The van der Waals surface area contributed by atoms with E-state index in [-0.39, 0.29) is 11.5 Å². The van der Waals surface area contributed by atoms with Crippen LogP contribution in [0.2, 0.25) is 0 Å². The van der Waals surface area contributed by atoms with Crippen LogP contribution in [0.25, 0.3) is 0 Å². The molecule has 2 rings (SSSR count). The maximum Gasteiger partial charge on any atom is 0.336 e. The Labute approximate surface area is 114 Å². The van der Waals surface area contributed by atoms with Gasteiger partial charge in [-0.05, 0) is 48.6 Å². The summed E-state index contributed by atoms with van der Waals surface area (Å²) in [4.78, 5) is 23.8. The van der Waals surface area contributed by atoms with Crippen molar-refractivity contribution in [2.24, 2.45) is 0 Å². The fourth-order valence-electron chi connectivity index (χ4n) is 1.79. The number of amides is 1. The predicted octanol–water partition coefficient (Wildman–Crippen LogP) is 3.32. The standard InChI is InChI=1S/C14H13NO3S/c1-8-6-7-19-12(8)13(16)15-11-5-3-4-10(9(11)2)14(17)18/h3-7H,1-2H3,(H,15,16)(H,17,18). The van der Waals surface area contributed by atoms with Gasteiger partial charge in [0.25, 0.3) is 5.91 Å². The number of carboxylic acid groups (broad SMARTS) is 1. The van der Waals surface area contributed by atoms with Crippen molar-refractivity contribution in [3.63, 3.8) is 0 Å². The van der Waals surface area contributed by atoms with Crippen molar-refractivity contribution in [1.82, 2.24) is 0 Å². The number of aryl methyl sites for hydroxylation is 1. The van der Waals surface area contributed by atoms with Gasteiger partial charge in [0, 0.05) is 5.69 Å². The summed E-state index contributed by atoms with van der Waals surface area (Å²) in [5, 5.41) is 13.7. The minimum Gasteiger partial charge on any atom is -0.478 e. The lowest BCUT2D eigenvalue weighted by Crippen LogP contribution is -2.13. The van der Waals surface area contributed by atoms with Crippen molar-refractivity contribution in [2.75, 3.05) is 5.32 Å². The lowest BCUT2D eigenvalue weighted by molar-refractivity contribution is 0.0695. The first kappa shape index (κ1) is 13.3. The smallest absolute Gasteiger partial charge is 0.336 e. The van der Waals surface area contributed by atoms with Gasteiger partial charge < -0.3 is 10.4 Å². The number of hydrogen-bond donors (Lipinski definition) is 2. The van der Waals surface area contributed by atoms with E-state index < -0.39 is 5.97 Å². The van der Waals surface area contributed by atoms with Gasteiger partial charge in [-0.3, -0.25) is 4.79 Å².